The van der Waals surface area contributed by atoms with Crippen LogP contribution in [-0.2, 0) is 23.4 Å². The Kier molecular flexibility index (Phi) is 7.01. The molecule has 1 aliphatic rings. The zero-order valence-electron chi connectivity index (χ0n) is 11.8. The fourth-order valence-electron chi connectivity index (χ4n) is 2.01. The van der Waals surface area contributed by atoms with Gasteiger partial charge in [-0.15, -0.1) is 0 Å². The van der Waals surface area contributed by atoms with E-state index in [9.17, 15) is 13.0 Å². The number of hydrogen-bond donors (Lipinski definition) is 0. The van der Waals surface area contributed by atoms with Crippen molar-refractivity contribution in [3.05, 3.63) is 0 Å². The molecule has 0 bridgehead atoms. The quantitative estimate of drug-likeness (QED) is 0.482. The first kappa shape index (κ1) is 17.2. The van der Waals surface area contributed by atoms with Gasteiger partial charge >= 0.3 is 7.60 Å². The first-order chi connectivity index (χ1) is 8.96. The van der Waals surface area contributed by atoms with Crippen molar-refractivity contribution < 1.29 is 22.0 Å². The standard InChI is InChI=1S/C12H25O5PS/c1-3-5-9-16-18(13,17-10-6-4-2)12-8-7-11-19(12,14)15/h12H,3-11H2,1-2H3. The first-order valence-electron chi connectivity index (χ1n) is 7.06. The van der Waals surface area contributed by atoms with Crippen LogP contribution in [0.25, 0.3) is 0 Å². The number of rotatable bonds is 9. The highest BCUT2D eigenvalue weighted by molar-refractivity contribution is 7.98. The smallest absolute Gasteiger partial charge is 0.308 e. The second-order valence-corrected chi connectivity index (χ2v) is 9.75. The summed E-state index contributed by atoms with van der Waals surface area (Å²) in [6.07, 6.45) is 4.27. The Morgan fingerprint density at radius 3 is 2.00 bits per heavy atom. The zero-order chi connectivity index (χ0) is 14.4. The molecule has 0 N–H and O–H groups in total. The molecule has 0 saturated carbocycles. The summed E-state index contributed by atoms with van der Waals surface area (Å²) in [4.78, 5) is -0.950. The normalized spacial score (nSPS) is 22.7. The second kappa shape index (κ2) is 7.77. The number of sulfone groups is 1. The Balaban J connectivity index is 2.75. The molecular weight excluding hydrogens is 287 g/mol. The molecule has 19 heavy (non-hydrogen) atoms. The molecule has 5 nitrogen and oxygen atoms in total. The minimum Gasteiger partial charge on any atom is -0.308 e. The van der Waals surface area contributed by atoms with Crippen molar-refractivity contribution in [2.24, 2.45) is 0 Å². The lowest BCUT2D eigenvalue weighted by molar-refractivity contribution is 0.197. The van der Waals surface area contributed by atoms with E-state index >= 15 is 0 Å². The number of unbranched alkanes of at least 4 members (excludes halogenated alkanes) is 2. The summed E-state index contributed by atoms with van der Waals surface area (Å²) in [5.41, 5.74) is 0. The van der Waals surface area contributed by atoms with E-state index in [-0.39, 0.29) is 5.75 Å². The maximum absolute atomic E-state index is 12.8. The van der Waals surface area contributed by atoms with Gasteiger partial charge in [-0.2, -0.15) is 0 Å². The van der Waals surface area contributed by atoms with Gasteiger partial charge in [0.05, 0.1) is 19.0 Å². The molecule has 0 amide bonds. The molecule has 0 radical (unpaired) electrons. The van der Waals surface area contributed by atoms with Crippen LogP contribution in [0.2, 0.25) is 0 Å². The number of hydrogen-bond acceptors (Lipinski definition) is 5. The molecule has 0 aromatic heterocycles. The van der Waals surface area contributed by atoms with Gasteiger partial charge in [0.25, 0.3) is 0 Å². The van der Waals surface area contributed by atoms with Crippen LogP contribution in [0.5, 0.6) is 0 Å². The average Bonchev–Trinajstić information content (AvgIpc) is 2.70. The van der Waals surface area contributed by atoms with Gasteiger partial charge in [0.2, 0.25) is 0 Å². The van der Waals surface area contributed by atoms with Gasteiger partial charge in [-0.1, -0.05) is 26.7 Å². The summed E-state index contributed by atoms with van der Waals surface area (Å²) >= 11 is 0. The third kappa shape index (κ3) is 4.85. The minimum absolute atomic E-state index is 0.0932. The van der Waals surface area contributed by atoms with E-state index in [1.807, 2.05) is 13.8 Å². The molecule has 1 saturated heterocycles. The Morgan fingerprint density at radius 2 is 1.63 bits per heavy atom. The van der Waals surface area contributed by atoms with Gasteiger partial charge in [-0.25, -0.2) is 8.42 Å². The van der Waals surface area contributed by atoms with Gasteiger partial charge in [-0.3, -0.25) is 4.57 Å². The third-order valence-electron chi connectivity index (χ3n) is 3.19. The van der Waals surface area contributed by atoms with Crippen molar-refractivity contribution >= 4 is 17.4 Å². The Labute approximate surface area is 116 Å². The van der Waals surface area contributed by atoms with Crippen LogP contribution in [0.3, 0.4) is 0 Å². The molecule has 1 unspecified atom stereocenters. The Bertz CT molecular complexity index is 392. The molecule has 114 valence electrons. The lowest BCUT2D eigenvalue weighted by Gasteiger charge is -2.23. The summed E-state index contributed by atoms with van der Waals surface area (Å²) in [6.45, 7) is 4.59. The Morgan fingerprint density at radius 1 is 1.11 bits per heavy atom. The fraction of sp³-hybridized carbons (Fsp3) is 1.00. The molecule has 0 aliphatic carbocycles. The van der Waals surface area contributed by atoms with Gasteiger partial charge < -0.3 is 9.05 Å². The molecular formula is C12H25O5PS. The van der Waals surface area contributed by atoms with Crippen molar-refractivity contribution in [1.82, 2.24) is 0 Å². The predicted molar refractivity (Wildman–Crippen MR) is 76.1 cm³/mol. The molecule has 0 aromatic rings. The summed E-state index contributed by atoms with van der Waals surface area (Å²) in [5, 5.41) is 0. The molecule has 1 rings (SSSR count). The molecule has 1 atom stereocenters. The van der Waals surface area contributed by atoms with Gasteiger partial charge in [0.1, 0.15) is 0 Å². The van der Waals surface area contributed by atoms with E-state index in [2.05, 4.69) is 0 Å². The third-order valence-corrected chi connectivity index (χ3v) is 8.89. The van der Waals surface area contributed by atoms with Gasteiger partial charge in [0, 0.05) is 0 Å². The average molecular weight is 312 g/mol. The van der Waals surface area contributed by atoms with Crippen molar-refractivity contribution in [1.29, 1.82) is 0 Å². The Hall–Kier alpha value is 0.100. The summed E-state index contributed by atoms with van der Waals surface area (Å²) in [5.74, 6) is 0.0932. The molecule has 0 aromatic carbocycles. The largest absolute Gasteiger partial charge is 0.348 e. The van der Waals surface area contributed by atoms with Crippen molar-refractivity contribution in [3.8, 4) is 0 Å². The maximum Gasteiger partial charge on any atom is 0.348 e. The van der Waals surface area contributed by atoms with Crippen LogP contribution >= 0.6 is 7.60 Å². The molecule has 1 fully saturated rings. The summed E-state index contributed by atoms with van der Waals surface area (Å²) in [6, 6.07) is 0. The molecule has 1 aliphatic heterocycles. The van der Waals surface area contributed by atoms with E-state index in [1.54, 1.807) is 0 Å². The molecule has 1 heterocycles. The van der Waals surface area contributed by atoms with Crippen molar-refractivity contribution in [3.63, 3.8) is 0 Å². The summed E-state index contributed by atoms with van der Waals surface area (Å²) < 4.78 is 47.4. The maximum atomic E-state index is 12.8. The van der Waals surface area contributed by atoms with Crippen LogP contribution in [0.1, 0.15) is 52.4 Å². The minimum atomic E-state index is -3.54. The van der Waals surface area contributed by atoms with Gasteiger partial charge in [0.15, 0.2) is 14.8 Å². The lowest BCUT2D eigenvalue weighted by atomic mass is 10.4. The predicted octanol–water partition coefficient (Wildman–Crippen LogP) is 3.35. The first-order valence-corrected chi connectivity index (χ1v) is 10.4. The van der Waals surface area contributed by atoms with Crippen molar-refractivity contribution in [2.75, 3.05) is 19.0 Å². The van der Waals surface area contributed by atoms with E-state index < -0.39 is 22.4 Å². The summed E-state index contributed by atoms with van der Waals surface area (Å²) in [7, 11) is -6.87. The highest BCUT2D eigenvalue weighted by Crippen LogP contribution is 2.58. The monoisotopic (exact) mass is 312 g/mol. The van der Waals surface area contributed by atoms with Crippen LogP contribution in [0.15, 0.2) is 0 Å². The topological polar surface area (TPSA) is 69.7 Å². The van der Waals surface area contributed by atoms with E-state index in [1.165, 1.54) is 0 Å². The van der Waals surface area contributed by atoms with Gasteiger partial charge in [-0.05, 0) is 25.7 Å². The van der Waals surface area contributed by atoms with E-state index in [0.717, 1.165) is 25.7 Å². The lowest BCUT2D eigenvalue weighted by Crippen LogP contribution is -2.20. The van der Waals surface area contributed by atoms with Crippen LogP contribution in [-0.4, -0.2) is 32.4 Å². The van der Waals surface area contributed by atoms with Crippen LogP contribution in [0.4, 0.5) is 0 Å². The molecule has 0 spiro atoms. The van der Waals surface area contributed by atoms with Crippen LogP contribution in [0, 0.1) is 0 Å². The van der Waals surface area contributed by atoms with Crippen LogP contribution < -0.4 is 0 Å². The van der Waals surface area contributed by atoms with Crippen molar-refractivity contribution in [2.45, 2.75) is 57.4 Å². The highest BCUT2D eigenvalue weighted by Gasteiger charge is 2.47. The van der Waals surface area contributed by atoms with E-state index in [0.29, 0.717) is 26.1 Å². The fourth-order valence-corrected chi connectivity index (χ4v) is 7.30. The zero-order valence-corrected chi connectivity index (χ0v) is 13.5. The highest BCUT2D eigenvalue weighted by atomic mass is 32.2. The molecule has 7 heteroatoms. The van der Waals surface area contributed by atoms with E-state index in [4.69, 9.17) is 9.05 Å². The SMILES string of the molecule is CCCCOP(=O)(OCCCC)C1CCCS1(=O)=O. The second-order valence-electron chi connectivity index (χ2n) is 4.88.